The second-order valence-electron chi connectivity index (χ2n) is 4.81. The molecule has 0 aromatic carbocycles. The van der Waals surface area contributed by atoms with Gasteiger partial charge in [-0.1, -0.05) is 11.6 Å². The Morgan fingerprint density at radius 2 is 2.15 bits per heavy atom. The topological polar surface area (TPSA) is 40.5 Å². The number of hydrogen-bond donors (Lipinski definition) is 2. The molecule has 0 radical (unpaired) electrons. The summed E-state index contributed by atoms with van der Waals surface area (Å²) in [4.78, 5) is 0. The zero-order valence-corrected chi connectivity index (χ0v) is 8.33. The summed E-state index contributed by atoms with van der Waals surface area (Å²) in [6.07, 6.45) is 4.46. The Bertz CT molecular complexity index is 242. The quantitative estimate of drug-likeness (QED) is 0.557. The molecule has 4 unspecified atom stereocenters. The van der Waals surface area contributed by atoms with Crippen LogP contribution in [0.4, 0.5) is 0 Å². The molecule has 0 amide bonds. The predicted molar refractivity (Wildman–Crippen MR) is 51.2 cm³/mol. The molecule has 2 aliphatic rings. The fourth-order valence-corrected chi connectivity index (χ4v) is 2.64. The normalized spacial score (nSPS) is 50.2. The molecule has 4 atom stereocenters. The minimum Gasteiger partial charge on any atom is -0.390 e. The Balaban J connectivity index is 2.26. The Kier molecular flexibility index (Phi) is 2.00. The lowest BCUT2D eigenvalue weighted by Gasteiger charge is -2.37. The van der Waals surface area contributed by atoms with Crippen molar-refractivity contribution < 1.29 is 10.2 Å². The molecular formula is C11H18O2. The molecule has 2 rings (SSSR count). The van der Waals surface area contributed by atoms with Gasteiger partial charge in [-0.05, 0) is 44.9 Å². The van der Waals surface area contributed by atoms with Gasteiger partial charge in [0.15, 0.2) is 0 Å². The zero-order chi connectivity index (χ0) is 9.64. The first-order chi connectivity index (χ1) is 6.00. The molecule has 0 aromatic heterocycles. The SMILES string of the molecule is CC1=CC(C)(O)C(O)CC2CCC12. The summed E-state index contributed by atoms with van der Waals surface area (Å²) < 4.78 is 0. The van der Waals surface area contributed by atoms with Gasteiger partial charge in [0.05, 0.1) is 6.10 Å². The first kappa shape index (κ1) is 9.22. The van der Waals surface area contributed by atoms with Gasteiger partial charge in [-0.15, -0.1) is 0 Å². The van der Waals surface area contributed by atoms with E-state index in [-0.39, 0.29) is 0 Å². The van der Waals surface area contributed by atoms with Crippen molar-refractivity contribution in [3.05, 3.63) is 11.6 Å². The molecule has 74 valence electrons. The maximum Gasteiger partial charge on any atom is 0.106 e. The van der Waals surface area contributed by atoms with E-state index in [2.05, 4.69) is 6.92 Å². The highest BCUT2D eigenvalue weighted by Gasteiger charge is 2.41. The highest BCUT2D eigenvalue weighted by molar-refractivity contribution is 5.19. The summed E-state index contributed by atoms with van der Waals surface area (Å²) >= 11 is 0. The summed E-state index contributed by atoms with van der Waals surface area (Å²) in [5.74, 6) is 1.24. The average molecular weight is 182 g/mol. The Morgan fingerprint density at radius 1 is 1.46 bits per heavy atom. The lowest BCUT2D eigenvalue weighted by Crippen LogP contribution is -2.38. The van der Waals surface area contributed by atoms with E-state index in [0.717, 1.165) is 6.42 Å². The molecule has 2 aliphatic carbocycles. The van der Waals surface area contributed by atoms with E-state index in [4.69, 9.17) is 0 Å². The molecule has 2 heteroatoms. The lowest BCUT2D eigenvalue weighted by molar-refractivity contribution is -0.0416. The first-order valence-corrected chi connectivity index (χ1v) is 5.10. The summed E-state index contributed by atoms with van der Waals surface area (Å²) in [6.45, 7) is 3.77. The van der Waals surface area contributed by atoms with E-state index < -0.39 is 11.7 Å². The molecule has 1 fully saturated rings. The first-order valence-electron chi connectivity index (χ1n) is 5.10. The predicted octanol–water partition coefficient (Wildman–Crippen LogP) is 1.47. The lowest BCUT2D eigenvalue weighted by atomic mass is 9.69. The van der Waals surface area contributed by atoms with Crippen LogP contribution in [-0.2, 0) is 0 Å². The van der Waals surface area contributed by atoms with Crippen molar-refractivity contribution in [3.8, 4) is 0 Å². The minimum atomic E-state index is -1.01. The van der Waals surface area contributed by atoms with Crippen LogP contribution in [0, 0.1) is 11.8 Å². The number of allylic oxidation sites excluding steroid dienone is 1. The molecule has 0 saturated heterocycles. The van der Waals surface area contributed by atoms with Crippen molar-refractivity contribution in [2.24, 2.45) is 11.8 Å². The van der Waals surface area contributed by atoms with Gasteiger partial charge >= 0.3 is 0 Å². The largest absolute Gasteiger partial charge is 0.390 e. The number of fused-ring (bicyclic) bond motifs is 1. The minimum absolute atomic E-state index is 0.585. The average Bonchev–Trinajstić information content (AvgIpc) is 1.98. The molecule has 0 heterocycles. The third-order valence-electron chi connectivity index (χ3n) is 3.72. The molecular weight excluding hydrogens is 164 g/mol. The van der Waals surface area contributed by atoms with Crippen molar-refractivity contribution in [1.29, 1.82) is 0 Å². The van der Waals surface area contributed by atoms with Crippen LogP contribution < -0.4 is 0 Å². The smallest absolute Gasteiger partial charge is 0.106 e. The number of aliphatic hydroxyl groups excluding tert-OH is 1. The van der Waals surface area contributed by atoms with Crippen LogP contribution in [0.1, 0.15) is 33.1 Å². The molecule has 2 N–H and O–H groups in total. The second-order valence-corrected chi connectivity index (χ2v) is 4.81. The highest BCUT2D eigenvalue weighted by Crippen LogP contribution is 2.46. The van der Waals surface area contributed by atoms with Gasteiger partial charge in [-0.2, -0.15) is 0 Å². The van der Waals surface area contributed by atoms with Crippen LogP contribution in [0.25, 0.3) is 0 Å². The summed E-state index contributed by atoms with van der Waals surface area (Å²) in [5, 5.41) is 19.7. The van der Waals surface area contributed by atoms with Crippen molar-refractivity contribution in [3.63, 3.8) is 0 Å². The van der Waals surface area contributed by atoms with E-state index in [9.17, 15) is 10.2 Å². The van der Waals surface area contributed by atoms with Crippen LogP contribution >= 0.6 is 0 Å². The van der Waals surface area contributed by atoms with Gasteiger partial charge in [0, 0.05) is 0 Å². The van der Waals surface area contributed by atoms with Crippen molar-refractivity contribution in [2.45, 2.75) is 44.8 Å². The molecule has 0 aliphatic heterocycles. The molecule has 1 saturated carbocycles. The van der Waals surface area contributed by atoms with E-state index in [1.54, 1.807) is 6.92 Å². The summed E-state index contributed by atoms with van der Waals surface area (Å²) in [6, 6.07) is 0. The molecule has 0 spiro atoms. The summed E-state index contributed by atoms with van der Waals surface area (Å²) in [7, 11) is 0. The van der Waals surface area contributed by atoms with Crippen molar-refractivity contribution in [1.82, 2.24) is 0 Å². The van der Waals surface area contributed by atoms with Gasteiger partial charge in [-0.25, -0.2) is 0 Å². The Labute approximate surface area is 79.3 Å². The van der Waals surface area contributed by atoms with Crippen LogP contribution in [-0.4, -0.2) is 21.9 Å². The maximum atomic E-state index is 9.93. The number of rotatable bonds is 0. The van der Waals surface area contributed by atoms with Gasteiger partial charge in [0.1, 0.15) is 5.60 Å². The van der Waals surface area contributed by atoms with Gasteiger partial charge in [0.25, 0.3) is 0 Å². The van der Waals surface area contributed by atoms with Crippen LogP contribution in [0.3, 0.4) is 0 Å². The van der Waals surface area contributed by atoms with Crippen LogP contribution in [0.15, 0.2) is 11.6 Å². The highest BCUT2D eigenvalue weighted by atomic mass is 16.3. The van der Waals surface area contributed by atoms with Crippen molar-refractivity contribution in [2.75, 3.05) is 0 Å². The maximum absolute atomic E-state index is 9.93. The molecule has 0 bridgehead atoms. The fraction of sp³-hybridized carbons (Fsp3) is 0.818. The van der Waals surface area contributed by atoms with E-state index in [1.807, 2.05) is 6.08 Å². The second kappa shape index (κ2) is 2.82. The molecule has 0 aromatic rings. The number of aliphatic hydroxyl groups is 2. The third kappa shape index (κ3) is 1.42. The monoisotopic (exact) mass is 182 g/mol. The van der Waals surface area contributed by atoms with Gasteiger partial charge in [-0.3, -0.25) is 0 Å². The molecule has 2 nitrogen and oxygen atoms in total. The van der Waals surface area contributed by atoms with Gasteiger partial charge in [0.2, 0.25) is 0 Å². The van der Waals surface area contributed by atoms with E-state index in [0.29, 0.717) is 11.8 Å². The van der Waals surface area contributed by atoms with E-state index in [1.165, 1.54) is 18.4 Å². The number of hydrogen-bond acceptors (Lipinski definition) is 2. The molecule has 13 heavy (non-hydrogen) atoms. The fourth-order valence-electron chi connectivity index (χ4n) is 2.64. The van der Waals surface area contributed by atoms with Crippen molar-refractivity contribution >= 4 is 0 Å². The third-order valence-corrected chi connectivity index (χ3v) is 3.72. The van der Waals surface area contributed by atoms with E-state index >= 15 is 0 Å². The standard InChI is InChI=1S/C11H18O2/c1-7-6-11(2,13)10(12)5-8-3-4-9(7)8/h6,8-10,12-13H,3-5H2,1-2H3. The van der Waals surface area contributed by atoms with Crippen LogP contribution in [0.5, 0.6) is 0 Å². The van der Waals surface area contributed by atoms with Gasteiger partial charge < -0.3 is 10.2 Å². The zero-order valence-electron chi connectivity index (χ0n) is 8.33. The van der Waals surface area contributed by atoms with Crippen LogP contribution in [0.2, 0.25) is 0 Å². The Morgan fingerprint density at radius 3 is 2.69 bits per heavy atom. The summed E-state index contributed by atoms with van der Waals surface area (Å²) in [5.41, 5.74) is 0.249. The Hall–Kier alpha value is -0.340.